The van der Waals surface area contributed by atoms with Gasteiger partial charge in [0.05, 0.1) is 30.0 Å². The lowest BCUT2D eigenvalue weighted by Crippen LogP contribution is -2.02. The maximum atomic E-state index is 9.37. The van der Waals surface area contributed by atoms with Crippen LogP contribution in [0.4, 0.5) is 0 Å². The molecule has 7 heteroatoms. The van der Waals surface area contributed by atoms with E-state index < -0.39 is 0 Å². The van der Waals surface area contributed by atoms with E-state index >= 15 is 0 Å². The average Bonchev–Trinajstić information content (AvgIpc) is 3.20. The fraction of sp³-hybridized carbons (Fsp3) is 0.211. The summed E-state index contributed by atoms with van der Waals surface area (Å²) in [5.74, 6) is 1.17. The molecule has 1 saturated carbocycles. The van der Waals surface area contributed by atoms with Crippen molar-refractivity contribution in [3.8, 4) is 23.0 Å². The van der Waals surface area contributed by atoms with Crippen molar-refractivity contribution in [3.05, 3.63) is 54.9 Å². The van der Waals surface area contributed by atoms with Crippen LogP contribution >= 0.6 is 0 Å². The third kappa shape index (κ3) is 2.43. The van der Waals surface area contributed by atoms with Crippen molar-refractivity contribution in [2.24, 2.45) is 5.92 Å². The van der Waals surface area contributed by atoms with Crippen molar-refractivity contribution >= 4 is 11.2 Å². The van der Waals surface area contributed by atoms with Crippen LogP contribution in [0.5, 0.6) is 0 Å². The molecular formula is C19H15N7. The zero-order chi connectivity index (χ0) is 17.5. The third-order valence-corrected chi connectivity index (χ3v) is 4.82. The Morgan fingerprint density at radius 1 is 1.15 bits per heavy atom. The second kappa shape index (κ2) is 5.77. The Morgan fingerprint density at radius 3 is 2.85 bits per heavy atom. The Hall–Kier alpha value is -3.53. The summed E-state index contributed by atoms with van der Waals surface area (Å²) < 4.78 is 1.74. The van der Waals surface area contributed by atoms with Crippen LogP contribution in [0.15, 0.2) is 49.3 Å². The van der Waals surface area contributed by atoms with Gasteiger partial charge in [0.15, 0.2) is 11.5 Å². The maximum absolute atomic E-state index is 9.37. The molecule has 1 atom stereocenters. The van der Waals surface area contributed by atoms with Crippen LogP contribution in [0.3, 0.4) is 0 Å². The lowest BCUT2D eigenvalue weighted by molar-refractivity contribution is 0.733. The van der Waals surface area contributed by atoms with Gasteiger partial charge in [-0.3, -0.25) is 0 Å². The number of fused-ring (bicyclic) bond motifs is 1. The maximum Gasteiger partial charge on any atom is 0.178 e. The monoisotopic (exact) mass is 341 g/mol. The van der Waals surface area contributed by atoms with Gasteiger partial charge in [-0.05, 0) is 36.5 Å². The molecule has 0 bridgehead atoms. The molecule has 4 heterocycles. The van der Waals surface area contributed by atoms with Crippen LogP contribution < -0.4 is 0 Å². The molecule has 1 aliphatic carbocycles. The first-order valence-electron chi connectivity index (χ1n) is 8.52. The van der Waals surface area contributed by atoms with Gasteiger partial charge in [-0.25, -0.2) is 19.6 Å². The Balaban J connectivity index is 1.47. The molecule has 26 heavy (non-hydrogen) atoms. The quantitative estimate of drug-likeness (QED) is 0.615. The second-order valence-corrected chi connectivity index (χ2v) is 6.53. The minimum Gasteiger partial charge on any atom is -0.343 e. The fourth-order valence-corrected chi connectivity index (χ4v) is 3.28. The highest BCUT2D eigenvalue weighted by Crippen LogP contribution is 2.42. The molecule has 5 rings (SSSR count). The molecule has 126 valence electrons. The summed E-state index contributed by atoms with van der Waals surface area (Å²) in [6.07, 6.45) is 11.2. The van der Waals surface area contributed by atoms with Crippen molar-refractivity contribution in [2.75, 3.05) is 0 Å². The molecule has 0 aromatic carbocycles. The normalized spacial score (nSPS) is 15.0. The summed E-state index contributed by atoms with van der Waals surface area (Å²) in [4.78, 5) is 16.1. The van der Waals surface area contributed by atoms with Gasteiger partial charge in [0.1, 0.15) is 0 Å². The number of H-pyrrole nitrogens is 1. The second-order valence-electron chi connectivity index (χ2n) is 6.53. The number of nitrogens with one attached hydrogen (secondary N) is 1. The van der Waals surface area contributed by atoms with Gasteiger partial charge in [-0.15, -0.1) is 0 Å². The molecule has 0 saturated heterocycles. The zero-order valence-electron chi connectivity index (χ0n) is 13.9. The predicted octanol–water partition coefficient (Wildman–Crippen LogP) is 3.22. The summed E-state index contributed by atoms with van der Waals surface area (Å²) >= 11 is 0. The predicted molar refractivity (Wildman–Crippen MR) is 95.3 cm³/mol. The van der Waals surface area contributed by atoms with E-state index in [9.17, 15) is 5.26 Å². The molecule has 0 radical (unpaired) electrons. The molecule has 1 fully saturated rings. The summed E-state index contributed by atoms with van der Waals surface area (Å²) in [6, 6.07) is 8.23. The number of rotatable bonds is 4. The Labute approximate surface area is 149 Å². The van der Waals surface area contributed by atoms with E-state index in [1.54, 1.807) is 29.6 Å². The number of pyridine rings is 2. The topological polar surface area (TPSA) is 96.1 Å². The van der Waals surface area contributed by atoms with E-state index in [1.807, 2.05) is 24.4 Å². The van der Waals surface area contributed by atoms with E-state index in [-0.39, 0.29) is 5.92 Å². The molecule has 1 unspecified atom stereocenters. The van der Waals surface area contributed by atoms with Gasteiger partial charge in [-0.1, -0.05) is 6.07 Å². The average molecular weight is 341 g/mol. The van der Waals surface area contributed by atoms with Crippen molar-refractivity contribution in [1.29, 1.82) is 5.26 Å². The lowest BCUT2D eigenvalue weighted by atomic mass is 9.97. The first-order chi connectivity index (χ1) is 12.8. The van der Waals surface area contributed by atoms with Crippen molar-refractivity contribution < 1.29 is 0 Å². The van der Waals surface area contributed by atoms with E-state index in [1.165, 1.54) is 0 Å². The van der Waals surface area contributed by atoms with Gasteiger partial charge >= 0.3 is 0 Å². The first kappa shape index (κ1) is 14.8. The van der Waals surface area contributed by atoms with E-state index in [0.29, 0.717) is 11.6 Å². The smallest absolute Gasteiger partial charge is 0.178 e. The van der Waals surface area contributed by atoms with Crippen molar-refractivity contribution in [2.45, 2.75) is 18.8 Å². The highest BCUT2D eigenvalue weighted by Gasteiger charge is 2.32. The number of aromatic nitrogens is 6. The first-order valence-corrected chi connectivity index (χ1v) is 8.52. The molecule has 0 aliphatic heterocycles. The lowest BCUT2D eigenvalue weighted by Gasteiger charge is -2.08. The summed E-state index contributed by atoms with van der Waals surface area (Å²) in [7, 11) is 0. The summed E-state index contributed by atoms with van der Waals surface area (Å²) in [5, 5.41) is 13.8. The number of nitriles is 1. The van der Waals surface area contributed by atoms with E-state index in [4.69, 9.17) is 0 Å². The number of imidazole rings is 1. The van der Waals surface area contributed by atoms with Gasteiger partial charge in [0, 0.05) is 29.7 Å². The Bertz CT molecular complexity index is 1110. The summed E-state index contributed by atoms with van der Waals surface area (Å²) in [5.41, 5.74) is 4.51. The highest BCUT2D eigenvalue weighted by molar-refractivity contribution is 5.88. The molecule has 4 aromatic rings. The SMILES string of the molecule is N#CC(c1ccc(-n2cc(-c3ccnc4nc[nH]c34)cn2)nc1)C1CC1. The molecule has 4 aromatic heterocycles. The third-order valence-electron chi connectivity index (χ3n) is 4.82. The van der Waals surface area contributed by atoms with Crippen molar-refractivity contribution in [3.63, 3.8) is 0 Å². The Kier molecular flexibility index (Phi) is 3.28. The van der Waals surface area contributed by atoms with Crippen LogP contribution in [0.2, 0.25) is 0 Å². The number of nitrogens with zero attached hydrogens (tertiary/aromatic N) is 6. The standard InChI is InChI=1S/C19H15N7/c20-7-16(12-1-2-12)13-3-4-17(22-8-13)26-10-14(9-25-26)15-5-6-21-19-18(15)23-11-24-19/h3-6,8-12,16H,1-2H2,(H,21,23,24). The molecule has 1 N–H and O–H groups in total. The van der Waals surface area contributed by atoms with Gasteiger partial charge < -0.3 is 4.98 Å². The van der Waals surface area contributed by atoms with Crippen molar-refractivity contribution in [1.82, 2.24) is 29.7 Å². The number of hydrogen-bond acceptors (Lipinski definition) is 5. The molecule has 7 nitrogen and oxygen atoms in total. The summed E-state index contributed by atoms with van der Waals surface area (Å²) in [6.45, 7) is 0. The largest absolute Gasteiger partial charge is 0.343 e. The molecule has 0 amide bonds. The van der Waals surface area contributed by atoms with E-state index in [2.05, 4.69) is 31.1 Å². The highest BCUT2D eigenvalue weighted by atomic mass is 15.3. The molecule has 1 aliphatic rings. The number of hydrogen-bond donors (Lipinski definition) is 1. The number of aromatic amines is 1. The van der Waals surface area contributed by atoms with Crippen LogP contribution in [0.1, 0.15) is 24.3 Å². The molecular weight excluding hydrogens is 326 g/mol. The van der Waals surface area contributed by atoms with Crippen LogP contribution in [0, 0.1) is 17.2 Å². The van der Waals surface area contributed by atoms with Crippen LogP contribution in [-0.2, 0) is 0 Å². The minimum atomic E-state index is -0.0461. The fourth-order valence-electron chi connectivity index (χ4n) is 3.28. The molecule has 0 spiro atoms. The van der Waals surface area contributed by atoms with Gasteiger partial charge in [-0.2, -0.15) is 10.4 Å². The van der Waals surface area contributed by atoms with Crippen LogP contribution in [-0.4, -0.2) is 29.7 Å². The Morgan fingerprint density at radius 2 is 2.08 bits per heavy atom. The van der Waals surface area contributed by atoms with E-state index in [0.717, 1.165) is 40.9 Å². The van der Waals surface area contributed by atoms with Gasteiger partial charge in [0.2, 0.25) is 0 Å². The minimum absolute atomic E-state index is 0.0461. The van der Waals surface area contributed by atoms with Gasteiger partial charge in [0.25, 0.3) is 0 Å². The zero-order valence-corrected chi connectivity index (χ0v) is 13.9. The van der Waals surface area contributed by atoms with Crippen LogP contribution in [0.25, 0.3) is 28.1 Å².